The zero-order valence-corrected chi connectivity index (χ0v) is 11.3. The second kappa shape index (κ2) is 6.42. The van der Waals surface area contributed by atoms with Gasteiger partial charge in [0.25, 0.3) is 0 Å². The molecule has 0 bridgehead atoms. The summed E-state index contributed by atoms with van der Waals surface area (Å²) in [5.41, 5.74) is 2.72. The zero-order valence-electron chi connectivity index (χ0n) is 10.6. The summed E-state index contributed by atoms with van der Waals surface area (Å²) in [7, 11) is 0. The van der Waals surface area contributed by atoms with Crippen LogP contribution in [0.15, 0.2) is 24.3 Å². The van der Waals surface area contributed by atoms with Crippen LogP contribution in [-0.4, -0.2) is 12.4 Å². The van der Waals surface area contributed by atoms with Crippen LogP contribution in [0.2, 0.25) is 0 Å². The third kappa shape index (κ3) is 3.72. The molecule has 2 atom stereocenters. The second-order valence-electron chi connectivity index (χ2n) is 5.23. The van der Waals surface area contributed by atoms with Gasteiger partial charge in [0, 0.05) is 12.4 Å². The standard InChI is InChI=1S/C15H22ClN/c1-12-4-2-5-13(8-12)10-17-11-15-7-3-6-14(15)9-16/h2,4-5,8,14-15,17H,3,6-7,9-11H2,1H3. The maximum absolute atomic E-state index is 5.99. The molecule has 0 spiro atoms. The van der Waals surface area contributed by atoms with Gasteiger partial charge in [0.15, 0.2) is 0 Å². The van der Waals surface area contributed by atoms with E-state index in [1.807, 2.05) is 0 Å². The van der Waals surface area contributed by atoms with Gasteiger partial charge in [-0.3, -0.25) is 0 Å². The van der Waals surface area contributed by atoms with Gasteiger partial charge in [-0.15, -0.1) is 11.6 Å². The highest BCUT2D eigenvalue weighted by Gasteiger charge is 2.25. The molecule has 1 fully saturated rings. The molecule has 2 unspecified atom stereocenters. The van der Waals surface area contributed by atoms with E-state index in [9.17, 15) is 0 Å². The minimum atomic E-state index is 0.738. The van der Waals surface area contributed by atoms with Gasteiger partial charge < -0.3 is 5.32 Å². The Morgan fingerprint density at radius 2 is 2.12 bits per heavy atom. The zero-order chi connectivity index (χ0) is 12.1. The largest absolute Gasteiger partial charge is 0.312 e. The van der Waals surface area contributed by atoms with E-state index in [4.69, 9.17) is 11.6 Å². The fourth-order valence-corrected chi connectivity index (χ4v) is 3.22. The maximum atomic E-state index is 5.99. The molecule has 1 N–H and O–H groups in total. The van der Waals surface area contributed by atoms with Crippen molar-refractivity contribution in [2.45, 2.75) is 32.7 Å². The van der Waals surface area contributed by atoms with Crippen molar-refractivity contribution in [1.29, 1.82) is 0 Å². The van der Waals surface area contributed by atoms with Crippen molar-refractivity contribution >= 4 is 11.6 Å². The Balaban J connectivity index is 1.76. The van der Waals surface area contributed by atoms with E-state index in [1.54, 1.807) is 0 Å². The van der Waals surface area contributed by atoms with Crippen molar-refractivity contribution in [1.82, 2.24) is 5.32 Å². The summed E-state index contributed by atoms with van der Waals surface area (Å²) < 4.78 is 0. The Morgan fingerprint density at radius 1 is 1.29 bits per heavy atom. The van der Waals surface area contributed by atoms with E-state index < -0.39 is 0 Å². The van der Waals surface area contributed by atoms with Gasteiger partial charge in [-0.2, -0.15) is 0 Å². The third-order valence-electron chi connectivity index (χ3n) is 3.83. The van der Waals surface area contributed by atoms with Gasteiger partial charge in [-0.1, -0.05) is 36.2 Å². The predicted molar refractivity (Wildman–Crippen MR) is 74.4 cm³/mol. The van der Waals surface area contributed by atoms with E-state index in [-0.39, 0.29) is 0 Å². The number of alkyl halides is 1. The lowest BCUT2D eigenvalue weighted by molar-refractivity contribution is 0.395. The average Bonchev–Trinajstić information content (AvgIpc) is 2.77. The Kier molecular flexibility index (Phi) is 4.87. The average molecular weight is 252 g/mol. The quantitative estimate of drug-likeness (QED) is 0.787. The van der Waals surface area contributed by atoms with Crippen molar-refractivity contribution in [3.63, 3.8) is 0 Å². The van der Waals surface area contributed by atoms with Crippen LogP contribution in [0.3, 0.4) is 0 Å². The summed E-state index contributed by atoms with van der Waals surface area (Å²) in [5.74, 6) is 2.36. The lowest BCUT2D eigenvalue weighted by Gasteiger charge is -2.17. The summed E-state index contributed by atoms with van der Waals surface area (Å²) in [6, 6.07) is 8.71. The van der Waals surface area contributed by atoms with Crippen LogP contribution in [0.1, 0.15) is 30.4 Å². The van der Waals surface area contributed by atoms with Gasteiger partial charge >= 0.3 is 0 Å². The van der Waals surface area contributed by atoms with Crippen molar-refractivity contribution in [3.8, 4) is 0 Å². The molecule has 1 aliphatic rings. The molecular weight excluding hydrogens is 230 g/mol. The third-order valence-corrected chi connectivity index (χ3v) is 4.23. The summed E-state index contributed by atoms with van der Waals surface area (Å²) in [5, 5.41) is 3.58. The first-order chi connectivity index (χ1) is 8.29. The van der Waals surface area contributed by atoms with E-state index in [0.717, 1.165) is 30.8 Å². The smallest absolute Gasteiger partial charge is 0.0254 e. The molecule has 1 nitrogen and oxygen atoms in total. The minimum Gasteiger partial charge on any atom is -0.312 e. The molecule has 2 rings (SSSR count). The number of nitrogens with one attached hydrogen (secondary N) is 1. The van der Waals surface area contributed by atoms with Crippen molar-refractivity contribution in [3.05, 3.63) is 35.4 Å². The molecule has 1 aromatic carbocycles. The first-order valence-corrected chi connectivity index (χ1v) is 7.15. The van der Waals surface area contributed by atoms with Gasteiger partial charge in [0.05, 0.1) is 0 Å². The molecule has 1 aliphatic carbocycles. The number of rotatable bonds is 5. The van der Waals surface area contributed by atoms with Crippen LogP contribution in [0, 0.1) is 18.8 Å². The van der Waals surface area contributed by atoms with E-state index in [0.29, 0.717) is 0 Å². The van der Waals surface area contributed by atoms with Crippen LogP contribution >= 0.6 is 11.6 Å². The highest BCUT2D eigenvalue weighted by Crippen LogP contribution is 2.31. The minimum absolute atomic E-state index is 0.738. The molecule has 17 heavy (non-hydrogen) atoms. The van der Waals surface area contributed by atoms with Gasteiger partial charge in [-0.25, -0.2) is 0 Å². The fraction of sp³-hybridized carbons (Fsp3) is 0.600. The SMILES string of the molecule is Cc1cccc(CNCC2CCCC2CCl)c1. The molecular formula is C15H22ClN. The summed E-state index contributed by atoms with van der Waals surface area (Å²) >= 11 is 5.99. The second-order valence-corrected chi connectivity index (χ2v) is 5.53. The van der Waals surface area contributed by atoms with Crippen LogP contribution in [0.5, 0.6) is 0 Å². The normalized spacial score (nSPS) is 24.1. The van der Waals surface area contributed by atoms with Crippen molar-refractivity contribution in [2.24, 2.45) is 11.8 Å². The monoisotopic (exact) mass is 251 g/mol. The molecule has 0 aliphatic heterocycles. The predicted octanol–water partition coefficient (Wildman–Crippen LogP) is 3.74. The molecule has 0 heterocycles. The van der Waals surface area contributed by atoms with Gasteiger partial charge in [0.2, 0.25) is 0 Å². The van der Waals surface area contributed by atoms with Crippen molar-refractivity contribution < 1.29 is 0 Å². The highest BCUT2D eigenvalue weighted by atomic mass is 35.5. The molecule has 0 aromatic heterocycles. The number of halogens is 1. The number of hydrogen-bond donors (Lipinski definition) is 1. The number of hydrogen-bond acceptors (Lipinski definition) is 1. The lowest BCUT2D eigenvalue weighted by Crippen LogP contribution is -2.25. The molecule has 1 aromatic rings. The number of aryl methyl sites for hydroxylation is 1. The summed E-state index contributed by atoms with van der Waals surface area (Å²) in [6.45, 7) is 4.24. The van der Waals surface area contributed by atoms with Crippen LogP contribution in [-0.2, 0) is 6.54 Å². The Morgan fingerprint density at radius 3 is 2.88 bits per heavy atom. The summed E-state index contributed by atoms with van der Waals surface area (Å²) in [6.07, 6.45) is 4.02. The topological polar surface area (TPSA) is 12.0 Å². The molecule has 2 heteroatoms. The lowest BCUT2D eigenvalue weighted by atomic mass is 9.98. The highest BCUT2D eigenvalue weighted by molar-refractivity contribution is 6.18. The molecule has 0 saturated heterocycles. The molecule has 0 amide bonds. The first kappa shape index (κ1) is 12.9. The number of benzene rings is 1. The van der Waals surface area contributed by atoms with Crippen LogP contribution in [0.4, 0.5) is 0 Å². The molecule has 0 radical (unpaired) electrons. The van der Waals surface area contributed by atoms with Crippen LogP contribution in [0.25, 0.3) is 0 Å². The van der Waals surface area contributed by atoms with E-state index in [2.05, 4.69) is 36.5 Å². The van der Waals surface area contributed by atoms with Crippen molar-refractivity contribution in [2.75, 3.05) is 12.4 Å². The van der Waals surface area contributed by atoms with E-state index in [1.165, 1.54) is 30.4 Å². The Labute approximate surface area is 110 Å². The van der Waals surface area contributed by atoms with E-state index >= 15 is 0 Å². The van der Waals surface area contributed by atoms with Gasteiger partial charge in [0.1, 0.15) is 0 Å². The molecule has 1 saturated carbocycles. The molecule has 94 valence electrons. The maximum Gasteiger partial charge on any atom is 0.0254 e. The van der Waals surface area contributed by atoms with Crippen LogP contribution < -0.4 is 5.32 Å². The first-order valence-electron chi connectivity index (χ1n) is 6.62. The summed E-state index contributed by atoms with van der Waals surface area (Å²) in [4.78, 5) is 0. The van der Waals surface area contributed by atoms with Gasteiger partial charge in [-0.05, 0) is 43.7 Å². The Bertz CT molecular complexity index is 351. The fourth-order valence-electron chi connectivity index (χ4n) is 2.81. The Hall–Kier alpha value is -0.530.